The summed E-state index contributed by atoms with van der Waals surface area (Å²) in [6.07, 6.45) is 0.998. The summed E-state index contributed by atoms with van der Waals surface area (Å²) < 4.78 is 40.7. The lowest BCUT2D eigenvalue weighted by Crippen LogP contribution is -2.37. The minimum Gasteiger partial charge on any atom is -0.302 e. The van der Waals surface area contributed by atoms with E-state index in [1.54, 1.807) is 0 Å². The number of sulfonamides is 1. The highest BCUT2D eigenvalue weighted by Gasteiger charge is 2.22. The average molecular weight is 446 g/mol. The standard InChI is InChI=1S/C13H19Br2FN2O2S/c1-4-9(2)18(3)6-5-17-21(19,20)13-11(14)7-10(16)8-12(13)15/h7-9,17H,4-6H2,1-3H3. The monoisotopic (exact) mass is 444 g/mol. The molecule has 0 saturated carbocycles. The zero-order valence-electron chi connectivity index (χ0n) is 12.2. The van der Waals surface area contributed by atoms with Crippen LogP contribution in [0.4, 0.5) is 4.39 Å². The molecule has 0 bridgehead atoms. The average Bonchev–Trinajstić information content (AvgIpc) is 2.35. The van der Waals surface area contributed by atoms with Crippen molar-refractivity contribution in [3.05, 3.63) is 26.9 Å². The Morgan fingerprint density at radius 1 is 1.33 bits per heavy atom. The fourth-order valence-electron chi connectivity index (χ4n) is 1.75. The smallest absolute Gasteiger partial charge is 0.242 e. The minimum atomic E-state index is -3.70. The lowest BCUT2D eigenvalue weighted by molar-refractivity contribution is 0.256. The predicted molar refractivity (Wildman–Crippen MR) is 89.4 cm³/mol. The molecular weight excluding hydrogens is 427 g/mol. The fourth-order valence-corrected chi connectivity index (χ4v) is 5.29. The maximum atomic E-state index is 13.2. The summed E-state index contributed by atoms with van der Waals surface area (Å²) in [5.74, 6) is -0.510. The van der Waals surface area contributed by atoms with Gasteiger partial charge in [-0.3, -0.25) is 0 Å². The van der Waals surface area contributed by atoms with Crippen molar-refractivity contribution in [2.45, 2.75) is 31.2 Å². The molecule has 1 aromatic carbocycles. The second-order valence-corrected chi connectivity index (χ2v) is 8.25. The molecule has 1 aromatic rings. The molecule has 0 spiro atoms. The molecule has 0 aliphatic carbocycles. The SMILES string of the molecule is CCC(C)N(C)CCNS(=O)(=O)c1c(Br)cc(F)cc1Br. The second-order valence-electron chi connectivity index (χ2n) is 4.83. The van der Waals surface area contributed by atoms with Crippen LogP contribution >= 0.6 is 31.9 Å². The van der Waals surface area contributed by atoms with Crippen molar-refractivity contribution in [3.8, 4) is 0 Å². The van der Waals surface area contributed by atoms with E-state index in [2.05, 4.69) is 55.3 Å². The van der Waals surface area contributed by atoms with E-state index in [4.69, 9.17) is 0 Å². The first-order valence-corrected chi connectivity index (χ1v) is 9.60. The molecule has 1 N–H and O–H groups in total. The first-order chi connectivity index (χ1) is 9.69. The maximum Gasteiger partial charge on any atom is 0.242 e. The number of rotatable bonds is 7. The van der Waals surface area contributed by atoms with E-state index in [1.165, 1.54) is 0 Å². The minimum absolute atomic E-state index is 0.00935. The summed E-state index contributed by atoms with van der Waals surface area (Å²) in [6.45, 7) is 5.06. The second kappa shape index (κ2) is 8.01. The Morgan fingerprint density at radius 2 is 1.86 bits per heavy atom. The van der Waals surface area contributed by atoms with E-state index in [-0.39, 0.29) is 13.8 Å². The van der Waals surface area contributed by atoms with Crippen molar-refractivity contribution in [1.29, 1.82) is 0 Å². The number of halogens is 3. The van der Waals surface area contributed by atoms with Gasteiger partial charge in [0.1, 0.15) is 10.7 Å². The third-order valence-electron chi connectivity index (χ3n) is 3.33. The summed E-state index contributed by atoms with van der Waals surface area (Å²) in [4.78, 5) is 2.09. The van der Waals surface area contributed by atoms with Crippen LogP contribution in [0.3, 0.4) is 0 Å². The van der Waals surface area contributed by atoms with Crippen LogP contribution in [-0.4, -0.2) is 39.5 Å². The molecule has 0 saturated heterocycles. The quantitative estimate of drug-likeness (QED) is 0.699. The summed E-state index contributed by atoms with van der Waals surface area (Å²) in [5, 5.41) is 0. The molecule has 0 heterocycles. The number of hydrogen-bond acceptors (Lipinski definition) is 3. The molecule has 0 aliphatic rings. The first kappa shape index (κ1) is 19.0. The van der Waals surface area contributed by atoms with Crippen LogP contribution in [0, 0.1) is 5.82 Å². The van der Waals surface area contributed by atoms with E-state index < -0.39 is 15.8 Å². The molecule has 1 atom stereocenters. The fraction of sp³-hybridized carbons (Fsp3) is 0.538. The number of benzene rings is 1. The first-order valence-electron chi connectivity index (χ1n) is 6.53. The molecule has 120 valence electrons. The lowest BCUT2D eigenvalue weighted by Gasteiger charge is -2.23. The van der Waals surface area contributed by atoms with Crippen molar-refractivity contribution in [2.24, 2.45) is 0 Å². The molecule has 0 aromatic heterocycles. The number of likely N-dealkylation sites (N-methyl/N-ethyl adjacent to an activating group) is 1. The van der Waals surface area contributed by atoms with Crippen LogP contribution in [0.1, 0.15) is 20.3 Å². The Labute approximate surface area is 142 Å². The largest absolute Gasteiger partial charge is 0.302 e. The molecule has 0 fully saturated rings. The Kier molecular flexibility index (Phi) is 7.26. The number of nitrogens with one attached hydrogen (secondary N) is 1. The molecule has 21 heavy (non-hydrogen) atoms. The van der Waals surface area contributed by atoms with Crippen molar-refractivity contribution in [3.63, 3.8) is 0 Å². The van der Waals surface area contributed by atoms with Crippen LogP contribution in [-0.2, 0) is 10.0 Å². The normalized spacial score (nSPS) is 13.7. The molecule has 8 heteroatoms. The Balaban J connectivity index is 2.80. The van der Waals surface area contributed by atoms with Gasteiger partial charge in [-0.1, -0.05) is 6.92 Å². The zero-order valence-corrected chi connectivity index (χ0v) is 16.1. The molecular formula is C13H19Br2FN2O2S. The molecule has 0 radical (unpaired) electrons. The topological polar surface area (TPSA) is 49.4 Å². The Morgan fingerprint density at radius 3 is 2.33 bits per heavy atom. The lowest BCUT2D eigenvalue weighted by atomic mass is 10.2. The number of nitrogens with zero attached hydrogens (tertiary/aromatic N) is 1. The van der Waals surface area contributed by atoms with Gasteiger partial charge in [0.2, 0.25) is 10.0 Å². The van der Waals surface area contributed by atoms with Crippen LogP contribution in [0.2, 0.25) is 0 Å². The van der Waals surface area contributed by atoms with E-state index in [9.17, 15) is 12.8 Å². The van der Waals surface area contributed by atoms with Crippen LogP contribution in [0.25, 0.3) is 0 Å². The van der Waals surface area contributed by atoms with Gasteiger partial charge in [0.05, 0.1) is 0 Å². The predicted octanol–water partition coefficient (Wildman–Crippen LogP) is 3.36. The highest BCUT2D eigenvalue weighted by molar-refractivity contribution is 9.11. The Bertz CT molecular complexity index is 573. The zero-order chi connectivity index (χ0) is 16.2. The van der Waals surface area contributed by atoms with Gasteiger partial charge in [-0.05, 0) is 64.4 Å². The van der Waals surface area contributed by atoms with Crippen molar-refractivity contribution < 1.29 is 12.8 Å². The van der Waals surface area contributed by atoms with E-state index in [0.717, 1.165) is 18.6 Å². The van der Waals surface area contributed by atoms with Crippen molar-refractivity contribution in [2.75, 3.05) is 20.1 Å². The maximum absolute atomic E-state index is 13.2. The van der Waals surface area contributed by atoms with Gasteiger partial charge >= 0.3 is 0 Å². The highest BCUT2D eigenvalue weighted by atomic mass is 79.9. The van der Waals surface area contributed by atoms with Gasteiger partial charge in [0.15, 0.2) is 0 Å². The van der Waals surface area contributed by atoms with E-state index >= 15 is 0 Å². The van der Waals surface area contributed by atoms with Crippen LogP contribution < -0.4 is 4.72 Å². The van der Waals surface area contributed by atoms with Crippen LogP contribution in [0.15, 0.2) is 26.0 Å². The highest BCUT2D eigenvalue weighted by Crippen LogP contribution is 2.30. The summed E-state index contributed by atoms with van der Waals surface area (Å²) in [6, 6.07) is 2.65. The van der Waals surface area contributed by atoms with Gasteiger partial charge in [0, 0.05) is 28.1 Å². The van der Waals surface area contributed by atoms with Gasteiger partial charge in [-0.25, -0.2) is 17.5 Å². The molecule has 1 rings (SSSR count). The van der Waals surface area contributed by atoms with E-state index in [0.29, 0.717) is 19.1 Å². The van der Waals surface area contributed by atoms with Gasteiger partial charge < -0.3 is 4.90 Å². The van der Waals surface area contributed by atoms with Crippen molar-refractivity contribution in [1.82, 2.24) is 9.62 Å². The molecule has 1 unspecified atom stereocenters. The van der Waals surface area contributed by atoms with Gasteiger partial charge in [0.25, 0.3) is 0 Å². The molecule has 0 aliphatic heterocycles. The third kappa shape index (κ3) is 5.28. The van der Waals surface area contributed by atoms with Gasteiger partial charge in [-0.15, -0.1) is 0 Å². The van der Waals surface area contributed by atoms with E-state index in [1.807, 2.05) is 7.05 Å². The molecule has 4 nitrogen and oxygen atoms in total. The number of hydrogen-bond donors (Lipinski definition) is 1. The van der Waals surface area contributed by atoms with Crippen molar-refractivity contribution >= 4 is 41.9 Å². The van der Waals surface area contributed by atoms with Crippen LogP contribution in [0.5, 0.6) is 0 Å². The van der Waals surface area contributed by atoms with Gasteiger partial charge in [-0.2, -0.15) is 0 Å². The summed E-state index contributed by atoms with van der Waals surface area (Å²) in [7, 11) is -1.75. The summed E-state index contributed by atoms with van der Waals surface area (Å²) in [5.41, 5.74) is 0. The summed E-state index contributed by atoms with van der Waals surface area (Å²) >= 11 is 6.18. The molecule has 0 amide bonds. The Hall–Kier alpha value is -0.0200. The third-order valence-corrected chi connectivity index (χ3v) is 6.67.